The predicted octanol–water partition coefficient (Wildman–Crippen LogP) is 3.17. The van der Waals surface area contributed by atoms with Crippen LogP contribution in [0.3, 0.4) is 0 Å². The maximum absolute atomic E-state index is 6.16. The normalized spacial score (nSPS) is 20.0. The maximum atomic E-state index is 6.16. The Morgan fingerprint density at radius 1 is 1.24 bits per heavy atom. The first kappa shape index (κ1) is 11.2. The van der Waals surface area contributed by atoms with Gasteiger partial charge in [0.2, 0.25) is 0 Å². The molecule has 0 fully saturated rings. The number of halogens is 1. The Morgan fingerprint density at radius 2 is 2.00 bits per heavy atom. The van der Waals surface area contributed by atoms with E-state index in [0.717, 1.165) is 17.5 Å². The largest absolute Gasteiger partial charge is 0.379 e. The van der Waals surface area contributed by atoms with Crippen molar-refractivity contribution in [2.45, 2.75) is 12.5 Å². The van der Waals surface area contributed by atoms with Gasteiger partial charge in [-0.1, -0.05) is 40.2 Å². The van der Waals surface area contributed by atoms with Crippen molar-refractivity contribution in [2.24, 2.45) is 5.73 Å². The minimum absolute atomic E-state index is 0.0200. The molecule has 1 heterocycles. The summed E-state index contributed by atoms with van der Waals surface area (Å²) in [6.07, 6.45) is 0.941. The summed E-state index contributed by atoms with van der Waals surface area (Å²) in [4.78, 5) is 0. The zero-order valence-corrected chi connectivity index (χ0v) is 11.0. The van der Waals surface area contributed by atoms with Crippen molar-refractivity contribution < 1.29 is 4.74 Å². The molecule has 1 aliphatic rings. The Morgan fingerprint density at radius 3 is 2.82 bits per heavy atom. The molecular formula is C14H14BrNO. The second kappa shape index (κ2) is 4.41. The lowest BCUT2D eigenvalue weighted by Crippen LogP contribution is -2.16. The molecular weight excluding hydrogens is 278 g/mol. The van der Waals surface area contributed by atoms with E-state index < -0.39 is 0 Å². The lowest BCUT2D eigenvalue weighted by Gasteiger charge is -2.15. The van der Waals surface area contributed by atoms with Crippen molar-refractivity contribution in [3.8, 4) is 0 Å². The van der Waals surface area contributed by atoms with Gasteiger partial charge in [-0.2, -0.15) is 0 Å². The molecule has 2 N–H and O–H groups in total. The van der Waals surface area contributed by atoms with Crippen molar-refractivity contribution in [1.82, 2.24) is 0 Å². The summed E-state index contributed by atoms with van der Waals surface area (Å²) in [7, 11) is 0. The summed E-state index contributed by atoms with van der Waals surface area (Å²) in [6, 6.07) is 10.6. The molecule has 0 amide bonds. The zero-order valence-electron chi connectivity index (χ0n) is 9.45. The summed E-state index contributed by atoms with van der Waals surface area (Å²) in [5.41, 5.74) is 8.72. The fraction of sp³-hybridized carbons (Fsp3) is 0.286. The van der Waals surface area contributed by atoms with Crippen molar-refractivity contribution in [2.75, 3.05) is 13.2 Å². The molecule has 0 aromatic heterocycles. The van der Waals surface area contributed by atoms with Crippen LogP contribution >= 0.6 is 15.9 Å². The van der Waals surface area contributed by atoms with Crippen LogP contribution < -0.4 is 5.73 Å². The number of rotatable bonds is 0. The molecule has 0 radical (unpaired) electrons. The number of hydrogen-bond acceptors (Lipinski definition) is 2. The van der Waals surface area contributed by atoms with Gasteiger partial charge in [0.15, 0.2) is 0 Å². The third-order valence-electron chi connectivity index (χ3n) is 3.33. The van der Waals surface area contributed by atoms with Gasteiger partial charge in [-0.3, -0.25) is 0 Å². The Balaban J connectivity index is 2.34. The Kier molecular flexibility index (Phi) is 2.90. The molecule has 3 heteroatoms. The van der Waals surface area contributed by atoms with Crippen LogP contribution in [0.4, 0.5) is 0 Å². The van der Waals surface area contributed by atoms with E-state index in [1.165, 1.54) is 21.9 Å². The first-order valence-corrected chi connectivity index (χ1v) is 6.60. The van der Waals surface area contributed by atoms with Crippen LogP contribution in [0.2, 0.25) is 0 Å². The molecule has 2 aromatic carbocycles. The second-order valence-corrected chi connectivity index (χ2v) is 5.26. The minimum Gasteiger partial charge on any atom is -0.379 e. The van der Waals surface area contributed by atoms with Crippen molar-refractivity contribution in [3.05, 3.63) is 45.9 Å². The third kappa shape index (κ3) is 1.88. The highest BCUT2D eigenvalue weighted by Crippen LogP contribution is 2.33. The van der Waals surface area contributed by atoms with E-state index in [4.69, 9.17) is 10.5 Å². The summed E-state index contributed by atoms with van der Waals surface area (Å²) in [5.74, 6) is 0. The zero-order chi connectivity index (χ0) is 11.8. The van der Waals surface area contributed by atoms with Gasteiger partial charge in [0.1, 0.15) is 0 Å². The summed E-state index contributed by atoms with van der Waals surface area (Å²) in [6.45, 7) is 1.37. The number of ether oxygens (including phenoxy) is 1. The smallest absolute Gasteiger partial charge is 0.0659 e. The molecule has 0 spiro atoms. The molecule has 1 atom stereocenters. The van der Waals surface area contributed by atoms with E-state index >= 15 is 0 Å². The quantitative estimate of drug-likeness (QED) is 0.809. The maximum Gasteiger partial charge on any atom is 0.0659 e. The highest BCUT2D eigenvalue weighted by atomic mass is 79.9. The van der Waals surface area contributed by atoms with E-state index in [0.29, 0.717) is 6.61 Å². The lowest BCUT2D eigenvalue weighted by molar-refractivity contribution is 0.131. The van der Waals surface area contributed by atoms with Gasteiger partial charge < -0.3 is 10.5 Å². The summed E-state index contributed by atoms with van der Waals surface area (Å²) < 4.78 is 6.65. The van der Waals surface area contributed by atoms with Gasteiger partial charge in [0.05, 0.1) is 19.3 Å². The molecule has 2 nitrogen and oxygen atoms in total. The fourth-order valence-corrected chi connectivity index (χ4v) is 3.09. The number of nitrogens with two attached hydrogens (primary N) is 1. The molecule has 0 bridgehead atoms. The highest BCUT2D eigenvalue weighted by molar-refractivity contribution is 9.10. The average Bonchev–Trinajstić information content (AvgIpc) is 2.53. The predicted molar refractivity (Wildman–Crippen MR) is 73.1 cm³/mol. The first-order chi connectivity index (χ1) is 8.27. The molecule has 88 valence electrons. The first-order valence-electron chi connectivity index (χ1n) is 5.80. The van der Waals surface area contributed by atoms with Gasteiger partial charge in [-0.05, 0) is 34.4 Å². The van der Waals surface area contributed by atoms with Gasteiger partial charge in [-0.25, -0.2) is 0 Å². The summed E-state index contributed by atoms with van der Waals surface area (Å²) >= 11 is 3.63. The molecule has 1 unspecified atom stereocenters. The van der Waals surface area contributed by atoms with E-state index in [2.05, 4.69) is 46.3 Å². The number of fused-ring (bicyclic) bond motifs is 3. The Labute approximate surface area is 109 Å². The molecule has 0 saturated carbocycles. The standard InChI is InChI=1S/C14H14BrNO/c15-13-7-12-10(5-6-17-8-14(12)16)9-3-1-2-4-11(9)13/h1-4,7,14H,5-6,8,16H2. The number of hydrogen-bond donors (Lipinski definition) is 1. The molecule has 2 aromatic rings. The minimum atomic E-state index is -0.0200. The van der Waals surface area contributed by atoms with Crippen LogP contribution in [-0.4, -0.2) is 13.2 Å². The molecule has 17 heavy (non-hydrogen) atoms. The van der Waals surface area contributed by atoms with Crippen LogP contribution in [0.25, 0.3) is 10.8 Å². The number of benzene rings is 2. The lowest BCUT2D eigenvalue weighted by atomic mass is 9.94. The Bertz CT molecular complexity index is 567. The summed E-state index contributed by atoms with van der Waals surface area (Å²) in [5, 5.41) is 2.54. The van der Waals surface area contributed by atoms with Crippen LogP contribution in [0.5, 0.6) is 0 Å². The van der Waals surface area contributed by atoms with Gasteiger partial charge >= 0.3 is 0 Å². The van der Waals surface area contributed by atoms with Crippen molar-refractivity contribution in [3.63, 3.8) is 0 Å². The Hall–Kier alpha value is -0.900. The molecule has 1 aliphatic heterocycles. The molecule has 0 saturated heterocycles. The van der Waals surface area contributed by atoms with Gasteiger partial charge in [-0.15, -0.1) is 0 Å². The third-order valence-corrected chi connectivity index (χ3v) is 3.99. The van der Waals surface area contributed by atoms with Crippen LogP contribution in [0, 0.1) is 0 Å². The topological polar surface area (TPSA) is 35.2 Å². The van der Waals surface area contributed by atoms with Gasteiger partial charge in [0, 0.05) is 4.47 Å². The van der Waals surface area contributed by atoms with Crippen LogP contribution in [0.15, 0.2) is 34.8 Å². The average molecular weight is 292 g/mol. The monoisotopic (exact) mass is 291 g/mol. The van der Waals surface area contributed by atoms with Crippen molar-refractivity contribution in [1.29, 1.82) is 0 Å². The highest BCUT2D eigenvalue weighted by Gasteiger charge is 2.18. The molecule has 3 rings (SSSR count). The van der Waals surface area contributed by atoms with E-state index in [9.17, 15) is 0 Å². The van der Waals surface area contributed by atoms with Crippen LogP contribution in [0.1, 0.15) is 17.2 Å². The van der Waals surface area contributed by atoms with E-state index in [1.807, 2.05) is 0 Å². The SMILES string of the molecule is NC1COCCc2c1cc(Br)c1ccccc21. The van der Waals surface area contributed by atoms with Crippen LogP contribution in [-0.2, 0) is 11.2 Å². The second-order valence-electron chi connectivity index (χ2n) is 4.40. The fourth-order valence-electron chi connectivity index (χ4n) is 2.50. The molecule has 0 aliphatic carbocycles. The van der Waals surface area contributed by atoms with Gasteiger partial charge in [0.25, 0.3) is 0 Å². The van der Waals surface area contributed by atoms with E-state index in [1.54, 1.807) is 0 Å². The van der Waals surface area contributed by atoms with E-state index in [-0.39, 0.29) is 6.04 Å². The van der Waals surface area contributed by atoms with Crippen molar-refractivity contribution >= 4 is 26.7 Å².